The second-order valence-corrected chi connectivity index (χ2v) is 8.67. The predicted octanol–water partition coefficient (Wildman–Crippen LogP) is 4.82. The van der Waals surface area contributed by atoms with Crippen molar-refractivity contribution in [2.24, 2.45) is 0 Å². The topological polar surface area (TPSA) is 50.3 Å². The van der Waals surface area contributed by atoms with Crippen LogP contribution in [0.25, 0.3) is 16.3 Å². The van der Waals surface area contributed by atoms with E-state index in [-0.39, 0.29) is 18.2 Å². The van der Waals surface area contributed by atoms with Gasteiger partial charge < -0.3 is 0 Å². The van der Waals surface area contributed by atoms with E-state index in [1.54, 1.807) is 28.4 Å². The van der Waals surface area contributed by atoms with Crippen LogP contribution < -0.4 is 0 Å². The molecule has 0 N–H and O–H groups in total. The zero-order valence-electron chi connectivity index (χ0n) is 13.5. The van der Waals surface area contributed by atoms with Crippen molar-refractivity contribution in [3.8, 4) is 0 Å². The van der Waals surface area contributed by atoms with E-state index in [0.29, 0.717) is 11.3 Å². The summed E-state index contributed by atoms with van der Waals surface area (Å²) in [6.07, 6.45) is 1.90. The van der Waals surface area contributed by atoms with E-state index in [1.165, 1.54) is 11.8 Å². The lowest BCUT2D eigenvalue weighted by molar-refractivity contribution is -0.125. The first-order valence-electron chi connectivity index (χ1n) is 7.89. The van der Waals surface area contributed by atoms with E-state index >= 15 is 0 Å². The molecule has 7 heteroatoms. The Labute approximate surface area is 167 Å². The van der Waals surface area contributed by atoms with Crippen LogP contribution in [0.1, 0.15) is 15.4 Å². The lowest BCUT2D eigenvalue weighted by Crippen LogP contribution is -2.30. The second kappa shape index (κ2) is 7.34. The SMILES string of the molecule is O=C(CN1C(=O)CS/C1=C/c1nc2ccccc2s1)c1ccc(Br)cc1. The number of carbonyl (C=O) groups is 2. The van der Waals surface area contributed by atoms with E-state index in [4.69, 9.17) is 0 Å². The zero-order valence-corrected chi connectivity index (χ0v) is 16.7. The molecule has 1 aliphatic heterocycles. The molecule has 0 bridgehead atoms. The van der Waals surface area contributed by atoms with Gasteiger partial charge in [0.05, 0.1) is 27.5 Å². The average Bonchev–Trinajstić information content (AvgIpc) is 3.20. The highest BCUT2D eigenvalue weighted by Crippen LogP contribution is 2.33. The van der Waals surface area contributed by atoms with Gasteiger partial charge in [-0.05, 0) is 24.3 Å². The van der Waals surface area contributed by atoms with Gasteiger partial charge in [-0.15, -0.1) is 11.3 Å². The molecular formula is C19H13BrN2O2S2. The number of para-hydroxylation sites is 1. The summed E-state index contributed by atoms with van der Waals surface area (Å²) < 4.78 is 2.02. The van der Waals surface area contributed by atoms with Crippen LogP contribution >= 0.6 is 39.0 Å². The number of nitrogens with zero attached hydrogens (tertiary/aromatic N) is 2. The maximum absolute atomic E-state index is 12.5. The first kappa shape index (κ1) is 17.5. The minimum absolute atomic E-state index is 0.0458. The first-order valence-corrected chi connectivity index (χ1v) is 10.5. The van der Waals surface area contributed by atoms with Crippen LogP contribution in [0.5, 0.6) is 0 Å². The fourth-order valence-electron chi connectivity index (χ4n) is 2.63. The quantitative estimate of drug-likeness (QED) is 0.541. The number of Topliss-reactive ketones (excluding diaryl/α,β-unsaturated/α-hetero) is 1. The fraction of sp³-hybridized carbons (Fsp3) is 0.105. The van der Waals surface area contributed by atoms with Crippen LogP contribution in [-0.4, -0.2) is 33.9 Å². The smallest absolute Gasteiger partial charge is 0.238 e. The molecule has 26 heavy (non-hydrogen) atoms. The third-order valence-corrected chi connectivity index (χ3v) is 6.47. The third kappa shape index (κ3) is 3.60. The highest BCUT2D eigenvalue weighted by Gasteiger charge is 2.29. The third-order valence-electron chi connectivity index (χ3n) is 3.94. The number of rotatable bonds is 4. The van der Waals surface area contributed by atoms with Crippen molar-refractivity contribution < 1.29 is 9.59 Å². The number of benzene rings is 2. The van der Waals surface area contributed by atoms with Crippen molar-refractivity contribution in [2.45, 2.75) is 0 Å². The molecule has 1 fully saturated rings. The standard InChI is InChI=1S/C19H13BrN2O2S2/c20-13-7-5-12(6-8-13)15(23)10-22-18(24)11-25-19(22)9-17-21-14-3-1-2-4-16(14)26-17/h1-9H,10-11H2/b19-9+. The minimum atomic E-state index is -0.0800. The van der Waals surface area contributed by atoms with Crippen LogP contribution in [0.3, 0.4) is 0 Å². The van der Waals surface area contributed by atoms with E-state index in [1.807, 2.05) is 42.5 Å². The number of aromatic nitrogens is 1. The van der Waals surface area contributed by atoms with Gasteiger partial charge in [0.25, 0.3) is 0 Å². The summed E-state index contributed by atoms with van der Waals surface area (Å²) in [5.41, 5.74) is 1.54. The van der Waals surface area contributed by atoms with Gasteiger partial charge >= 0.3 is 0 Å². The number of thiazole rings is 1. The van der Waals surface area contributed by atoms with Crippen molar-refractivity contribution in [2.75, 3.05) is 12.3 Å². The number of halogens is 1. The summed E-state index contributed by atoms with van der Waals surface area (Å²) in [5, 5.41) is 1.61. The van der Waals surface area contributed by atoms with Gasteiger partial charge in [0.1, 0.15) is 5.01 Å². The Bertz CT molecular complexity index is 994. The highest BCUT2D eigenvalue weighted by molar-refractivity contribution is 9.10. The molecular weight excluding hydrogens is 432 g/mol. The molecule has 0 spiro atoms. The molecule has 1 aromatic heterocycles. The molecule has 0 atom stereocenters. The molecule has 2 heterocycles. The maximum atomic E-state index is 12.5. The molecule has 1 saturated heterocycles. The molecule has 4 rings (SSSR count). The molecule has 0 radical (unpaired) electrons. The molecule has 1 aliphatic rings. The number of hydrogen-bond donors (Lipinski definition) is 0. The monoisotopic (exact) mass is 444 g/mol. The number of hydrogen-bond acceptors (Lipinski definition) is 5. The van der Waals surface area contributed by atoms with Gasteiger partial charge in [0.15, 0.2) is 5.78 Å². The summed E-state index contributed by atoms with van der Waals surface area (Å²) in [6.45, 7) is 0.0458. The van der Waals surface area contributed by atoms with Crippen molar-refractivity contribution in [1.82, 2.24) is 9.88 Å². The van der Waals surface area contributed by atoms with Crippen LogP contribution in [-0.2, 0) is 4.79 Å². The number of thioether (sulfide) groups is 1. The Morgan fingerprint density at radius 3 is 2.73 bits per heavy atom. The van der Waals surface area contributed by atoms with Crippen LogP contribution in [0.4, 0.5) is 0 Å². The molecule has 0 aliphatic carbocycles. The average molecular weight is 445 g/mol. The van der Waals surface area contributed by atoms with Gasteiger partial charge in [0.2, 0.25) is 5.91 Å². The van der Waals surface area contributed by atoms with Gasteiger partial charge in [-0.2, -0.15) is 0 Å². The van der Waals surface area contributed by atoms with Crippen molar-refractivity contribution in [3.05, 3.63) is 68.6 Å². The number of fused-ring (bicyclic) bond motifs is 1. The van der Waals surface area contributed by atoms with Gasteiger partial charge in [-0.3, -0.25) is 14.5 Å². The van der Waals surface area contributed by atoms with Gasteiger partial charge in [-0.25, -0.2) is 4.98 Å². The largest absolute Gasteiger partial charge is 0.298 e. The summed E-state index contributed by atoms with van der Waals surface area (Å²) in [4.78, 5) is 30.9. The maximum Gasteiger partial charge on any atom is 0.238 e. The van der Waals surface area contributed by atoms with Crippen LogP contribution in [0, 0.1) is 0 Å². The zero-order chi connectivity index (χ0) is 18.1. The number of carbonyl (C=O) groups excluding carboxylic acids is 2. The molecule has 0 unspecified atom stereocenters. The van der Waals surface area contributed by atoms with Crippen molar-refractivity contribution in [3.63, 3.8) is 0 Å². The van der Waals surface area contributed by atoms with E-state index in [9.17, 15) is 9.59 Å². The molecule has 4 nitrogen and oxygen atoms in total. The number of ketones is 1. The Morgan fingerprint density at radius 2 is 1.96 bits per heavy atom. The van der Waals surface area contributed by atoms with Crippen LogP contribution in [0.15, 0.2) is 58.0 Å². The van der Waals surface area contributed by atoms with E-state index < -0.39 is 0 Å². The molecule has 3 aromatic rings. The lowest BCUT2D eigenvalue weighted by atomic mass is 10.1. The van der Waals surface area contributed by atoms with E-state index in [0.717, 1.165) is 24.7 Å². The lowest BCUT2D eigenvalue weighted by Gasteiger charge is -2.16. The summed E-state index contributed by atoms with van der Waals surface area (Å²) >= 11 is 6.38. The van der Waals surface area contributed by atoms with Crippen molar-refractivity contribution in [1.29, 1.82) is 0 Å². The molecule has 1 amide bonds. The second-order valence-electron chi connectivity index (χ2n) is 5.70. The summed E-state index contributed by atoms with van der Waals surface area (Å²) in [5.74, 6) is 0.223. The molecule has 0 saturated carbocycles. The predicted molar refractivity (Wildman–Crippen MR) is 110 cm³/mol. The minimum Gasteiger partial charge on any atom is -0.298 e. The Kier molecular flexibility index (Phi) is 4.93. The summed E-state index contributed by atoms with van der Waals surface area (Å²) in [6, 6.07) is 15.1. The van der Waals surface area contributed by atoms with Gasteiger partial charge in [0, 0.05) is 16.1 Å². The molecule has 2 aromatic carbocycles. The Hall–Kier alpha value is -1.96. The number of amides is 1. The summed E-state index contributed by atoms with van der Waals surface area (Å²) in [7, 11) is 0. The Balaban J connectivity index is 1.58. The normalized spacial score (nSPS) is 16.0. The van der Waals surface area contributed by atoms with E-state index in [2.05, 4.69) is 20.9 Å². The van der Waals surface area contributed by atoms with Crippen LogP contribution in [0.2, 0.25) is 0 Å². The fourth-order valence-corrected chi connectivity index (χ4v) is 4.82. The first-order chi connectivity index (χ1) is 12.6. The Morgan fingerprint density at radius 1 is 1.19 bits per heavy atom. The molecule has 130 valence electrons. The highest BCUT2D eigenvalue weighted by atomic mass is 79.9. The van der Waals surface area contributed by atoms with Crippen molar-refractivity contribution >= 4 is 67.0 Å². The van der Waals surface area contributed by atoms with Gasteiger partial charge in [-0.1, -0.05) is 52.0 Å².